The number of carbonyl (C=O) groups is 5. The van der Waals surface area contributed by atoms with E-state index in [1.807, 2.05) is 0 Å². The Morgan fingerprint density at radius 3 is 2.70 bits per heavy atom. The highest BCUT2D eigenvalue weighted by Crippen LogP contribution is 2.32. The molecule has 1 fully saturated rings. The van der Waals surface area contributed by atoms with Crippen LogP contribution in [0.5, 0.6) is 0 Å². The molecule has 2 heterocycles. The SMILES string of the molecule is CC(CCC(=O)O)Nc1cccc2c1C(=O)N(C1CCC(=O)NC1=O)C2=O. The third kappa shape index (κ3) is 3.53. The van der Waals surface area contributed by atoms with Crippen LogP contribution >= 0.6 is 0 Å². The lowest BCUT2D eigenvalue weighted by Gasteiger charge is -2.27. The highest BCUT2D eigenvalue weighted by atomic mass is 16.4. The average molecular weight is 373 g/mol. The lowest BCUT2D eigenvalue weighted by atomic mass is 10.0. The Morgan fingerprint density at radius 1 is 1.30 bits per heavy atom. The lowest BCUT2D eigenvalue weighted by Crippen LogP contribution is -2.54. The van der Waals surface area contributed by atoms with Crippen molar-refractivity contribution in [2.75, 3.05) is 5.32 Å². The van der Waals surface area contributed by atoms with E-state index in [2.05, 4.69) is 10.6 Å². The second-order valence-electron chi connectivity index (χ2n) is 6.65. The van der Waals surface area contributed by atoms with Gasteiger partial charge in [0.15, 0.2) is 0 Å². The number of carboxylic acids is 1. The van der Waals surface area contributed by atoms with Gasteiger partial charge in [0.2, 0.25) is 11.8 Å². The summed E-state index contributed by atoms with van der Waals surface area (Å²) in [5, 5.41) is 14.0. The Kier molecular flexibility index (Phi) is 4.93. The molecular weight excluding hydrogens is 354 g/mol. The fourth-order valence-corrected chi connectivity index (χ4v) is 3.31. The van der Waals surface area contributed by atoms with E-state index < -0.39 is 35.6 Å². The minimum absolute atomic E-state index is 0.0293. The van der Waals surface area contributed by atoms with Crippen LogP contribution in [-0.2, 0) is 14.4 Å². The maximum atomic E-state index is 12.9. The van der Waals surface area contributed by atoms with E-state index in [0.717, 1.165) is 4.90 Å². The minimum Gasteiger partial charge on any atom is -0.481 e. The second kappa shape index (κ2) is 7.18. The minimum atomic E-state index is -1.02. The number of rotatable bonds is 6. The lowest BCUT2D eigenvalue weighted by molar-refractivity contribution is -0.138. The smallest absolute Gasteiger partial charge is 0.303 e. The van der Waals surface area contributed by atoms with Gasteiger partial charge in [0.1, 0.15) is 6.04 Å². The standard InChI is InChI=1S/C18H19N3O6/c1-9(5-8-14(23)24)19-11-4-2-3-10-15(11)18(27)21(17(10)26)12-6-7-13(22)20-16(12)25/h2-4,9,12,19H,5-8H2,1H3,(H,23,24)(H,20,22,25). The summed E-state index contributed by atoms with van der Waals surface area (Å²) in [7, 11) is 0. The molecule has 1 aromatic rings. The van der Waals surface area contributed by atoms with E-state index in [0.29, 0.717) is 12.1 Å². The Morgan fingerprint density at radius 2 is 2.04 bits per heavy atom. The predicted molar refractivity (Wildman–Crippen MR) is 93.1 cm³/mol. The number of amides is 4. The van der Waals surface area contributed by atoms with Crippen molar-refractivity contribution in [1.82, 2.24) is 10.2 Å². The summed E-state index contributed by atoms with van der Waals surface area (Å²) >= 11 is 0. The van der Waals surface area contributed by atoms with E-state index >= 15 is 0 Å². The van der Waals surface area contributed by atoms with Crippen molar-refractivity contribution in [3.05, 3.63) is 29.3 Å². The van der Waals surface area contributed by atoms with Gasteiger partial charge < -0.3 is 10.4 Å². The van der Waals surface area contributed by atoms with E-state index in [9.17, 15) is 24.0 Å². The van der Waals surface area contributed by atoms with Crippen molar-refractivity contribution in [2.24, 2.45) is 0 Å². The number of anilines is 1. The number of imide groups is 2. The number of carboxylic acid groups (broad SMARTS) is 1. The zero-order valence-corrected chi connectivity index (χ0v) is 14.7. The quantitative estimate of drug-likeness (QED) is 0.627. The number of nitrogens with one attached hydrogen (secondary N) is 2. The fourth-order valence-electron chi connectivity index (χ4n) is 3.31. The van der Waals surface area contributed by atoms with Gasteiger partial charge in [-0.25, -0.2) is 0 Å². The molecule has 3 N–H and O–H groups in total. The van der Waals surface area contributed by atoms with Crippen LogP contribution in [0.1, 0.15) is 53.3 Å². The number of aliphatic carboxylic acids is 1. The summed E-state index contributed by atoms with van der Waals surface area (Å²) in [4.78, 5) is 60.7. The molecule has 142 valence electrons. The van der Waals surface area contributed by atoms with Gasteiger partial charge >= 0.3 is 5.97 Å². The molecule has 0 aliphatic carbocycles. The molecule has 2 unspecified atom stereocenters. The summed E-state index contributed by atoms with van der Waals surface area (Å²) in [5.74, 6) is -3.19. The van der Waals surface area contributed by atoms with Gasteiger partial charge in [-0.05, 0) is 31.9 Å². The summed E-state index contributed by atoms with van der Waals surface area (Å²) in [6, 6.07) is 3.50. The van der Waals surface area contributed by atoms with Crippen molar-refractivity contribution in [2.45, 2.75) is 44.7 Å². The molecule has 0 bridgehead atoms. The summed E-state index contributed by atoms with van der Waals surface area (Å²) in [5.41, 5.74) is 0.757. The zero-order valence-electron chi connectivity index (χ0n) is 14.7. The van der Waals surface area contributed by atoms with Crippen LogP contribution in [0.3, 0.4) is 0 Å². The molecule has 3 rings (SSSR count). The molecule has 9 heteroatoms. The van der Waals surface area contributed by atoms with E-state index in [-0.39, 0.29) is 36.4 Å². The van der Waals surface area contributed by atoms with Crippen LogP contribution in [0, 0.1) is 0 Å². The topological polar surface area (TPSA) is 133 Å². The van der Waals surface area contributed by atoms with E-state index in [4.69, 9.17) is 5.11 Å². The van der Waals surface area contributed by atoms with Gasteiger partial charge in [-0.3, -0.25) is 34.2 Å². The Balaban J connectivity index is 1.85. The first kappa shape index (κ1) is 18.6. The van der Waals surface area contributed by atoms with Crippen molar-refractivity contribution in [1.29, 1.82) is 0 Å². The van der Waals surface area contributed by atoms with E-state index in [1.165, 1.54) is 6.07 Å². The molecule has 1 saturated heterocycles. The highest BCUT2D eigenvalue weighted by Gasteiger charge is 2.45. The van der Waals surface area contributed by atoms with Gasteiger partial charge in [0.05, 0.1) is 11.1 Å². The fraction of sp³-hybridized carbons (Fsp3) is 0.389. The zero-order chi connectivity index (χ0) is 19.7. The molecule has 2 aliphatic rings. The molecule has 0 spiro atoms. The molecule has 27 heavy (non-hydrogen) atoms. The molecular formula is C18H19N3O6. The summed E-state index contributed by atoms with van der Waals surface area (Å²) in [6.07, 6.45) is 0.464. The molecule has 9 nitrogen and oxygen atoms in total. The number of fused-ring (bicyclic) bond motifs is 1. The van der Waals surface area contributed by atoms with Gasteiger partial charge in [-0.15, -0.1) is 0 Å². The molecule has 0 radical (unpaired) electrons. The maximum absolute atomic E-state index is 12.9. The first-order valence-corrected chi connectivity index (χ1v) is 8.62. The first-order chi connectivity index (χ1) is 12.8. The van der Waals surface area contributed by atoms with Crippen molar-refractivity contribution >= 4 is 35.3 Å². The maximum Gasteiger partial charge on any atom is 0.303 e. The predicted octanol–water partition coefficient (Wildman–Crippen LogP) is 0.753. The largest absolute Gasteiger partial charge is 0.481 e. The number of hydrogen-bond donors (Lipinski definition) is 3. The number of benzene rings is 1. The van der Waals surface area contributed by atoms with Crippen molar-refractivity contribution < 1.29 is 29.1 Å². The van der Waals surface area contributed by atoms with Crippen LogP contribution in [0.2, 0.25) is 0 Å². The van der Waals surface area contributed by atoms with Gasteiger partial charge in [-0.1, -0.05) is 6.07 Å². The second-order valence-corrected chi connectivity index (χ2v) is 6.65. The molecule has 1 aromatic carbocycles. The first-order valence-electron chi connectivity index (χ1n) is 8.62. The number of nitrogens with zero attached hydrogens (tertiary/aromatic N) is 1. The molecule has 2 aliphatic heterocycles. The normalized spacial score (nSPS) is 20.3. The monoisotopic (exact) mass is 373 g/mol. The highest BCUT2D eigenvalue weighted by molar-refractivity contribution is 6.25. The van der Waals surface area contributed by atoms with Crippen LogP contribution in [-0.4, -0.2) is 51.7 Å². The van der Waals surface area contributed by atoms with Crippen molar-refractivity contribution in [3.63, 3.8) is 0 Å². The Bertz CT molecular complexity index is 849. The molecule has 2 atom stereocenters. The van der Waals surface area contributed by atoms with Crippen LogP contribution in [0.4, 0.5) is 5.69 Å². The van der Waals surface area contributed by atoms with Crippen LogP contribution in [0.15, 0.2) is 18.2 Å². The number of hydrogen-bond acceptors (Lipinski definition) is 6. The van der Waals surface area contributed by atoms with Crippen LogP contribution in [0.25, 0.3) is 0 Å². The Labute approximate surface area is 154 Å². The third-order valence-corrected chi connectivity index (χ3v) is 4.66. The molecule has 0 aromatic heterocycles. The summed E-state index contributed by atoms with van der Waals surface area (Å²) in [6.45, 7) is 1.78. The van der Waals surface area contributed by atoms with Gasteiger partial charge in [-0.2, -0.15) is 0 Å². The Hall–Kier alpha value is -3.23. The molecule has 4 amide bonds. The van der Waals surface area contributed by atoms with Crippen molar-refractivity contribution in [3.8, 4) is 0 Å². The van der Waals surface area contributed by atoms with Gasteiger partial charge in [0.25, 0.3) is 11.8 Å². The number of piperidine rings is 1. The van der Waals surface area contributed by atoms with Crippen LogP contribution < -0.4 is 10.6 Å². The molecule has 0 saturated carbocycles. The van der Waals surface area contributed by atoms with E-state index in [1.54, 1.807) is 19.1 Å². The average Bonchev–Trinajstić information content (AvgIpc) is 2.86. The number of carbonyl (C=O) groups excluding carboxylic acids is 4. The van der Waals surface area contributed by atoms with Gasteiger partial charge in [0, 0.05) is 24.6 Å². The third-order valence-electron chi connectivity index (χ3n) is 4.66. The summed E-state index contributed by atoms with van der Waals surface area (Å²) < 4.78 is 0.